The van der Waals surface area contributed by atoms with Crippen LogP contribution in [-0.4, -0.2) is 34.7 Å². The molecule has 3 nitrogen and oxygen atoms in total. The summed E-state index contributed by atoms with van der Waals surface area (Å²) in [4.78, 5) is 11.4. The van der Waals surface area contributed by atoms with Crippen LogP contribution in [0.25, 0.3) is 0 Å². The second-order valence-corrected chi connectivity index (χ2v) is 6.34. The van der Waals surface area contributed by atoms with Crippen LogP contribution in [0.1, 0.15) is 27.2 Å². The van der Waals surface area contributed by atoms with E-state index in [-0.39, 0.29) is 22.9 Å². The van der Waals surface area contributed by atoms with E-state index in [9.17, 15) is 4.79 Å². The molecule has 2 saturated heterocycles. The van der Waals surface area contributed by atoms with Gasteiger partial charge in [-0.15, -0.1) is 0 Å². The molecule has 2 rings (SSSR count). The van der Waals surface area contributed by atoms with Crippen LogP contribution in [0.2, 0.25) is 0 Å². The van der Waals surface area contributed by atoms with E-state index < -0.39 is 0 Å². The predicted molar refractivity (Wildman–Crippen MR) is 57.4 cm³/mol. The lowest BCUT2D eigenvalue weighted by atomic mass is 10.0. The van der Waals surface area contributed by atoms with Gasteiger partial charge in [0, 0.05) is 23.0 Å². The van der Waals surface area contributed by atoms with Crippen LogP contribution in [0.4, 0.5) is 0 Å². The summed E-state index contributed by atoms with van der Waals surface area (Å²) in [5, 5.41) is 3.39. The zero-order valence-corrected chi connectivity index (χ0v) is 9.69. The fourth-order valence-corrected chi connectivity index (χ4v) is 3.05. The number of cyclic esters (lactones) is 1. The van der Waals surface area contributed by atoms with Gasteiger partial charge in [0.15, 0.2) is 0 Å². The molecule has 0 aromatic carbocycles. The van der Waals surface area contributed by atoms with Gasteiger partial charge in [-0.1, -0.05) is 0 Å². The van der Waals surface area contributed by atoms with Crippen LogP contribution >= 0.6 is 11.8 Å². The molecule has 1 N–H and O–H groups in total. The fourth-order valence-electron chi connectivity index (χ4n) is 1.88. The van der Waals surface area contributed by atoms with Gasteiger partial charge in [0.05, 0.1) is 0 Å². The summed E-state index contributed by atoms with van der Waals surface area (Å²) in [6, 6.07) is 0.380. The van der Waals surface area contributed by atoms with Crippen molar-refractivity contribution in [1.29, 1.82) is 0 Å². The van der Waals surface area contributed by atoms with Crippen LogP contribution in [-0.2, 0) is 9.53 Å². The van der Waals surface area contributed by atoms with Gasteiger partial charge in [0.25, 0.3) is 0 Å². The Kier molecular flexibility index (Phi) is 2.52. The maximum absolute atomic E-state index is 11.4. The number of esters is 1. The number of hydrogen-bond donors (Lipinski definition) is 1. The van der Waals surface area contributed by atoms with E-state index in [1.807, 2.05) is 18.7 Å². The quantitative estimate of drug-likeness (QED) is 0.702. The second kappa shape index (κ2) is 3.42. The lowest BCUT2D eigenvalue weighted by molar-refractivity contribution is -0.142. The molecule has 3 unspecified atom stereocenters. The van der Waals surface area contributed by atoms with E-state index in [0.29, 0.717) is 6.04 Å². The highest BCUT2D eigenvalue weighted by Crippen LogP contribution is 2.40. The molecule has 80 valence electrons. The molecule has 0 aliphatic carbocycles. The fraction of sp³-hybridized carbons (Fsp3) is 0.900. The first kappa shape index (κ1) is 10.3. The minimum Gasteiger partial charge on any atom is -0.461 e. The number of rotatable bonds is 2. The third-order valence-electron chi connectivity index (χ3n) is 3.03. The summed E-state index contributed by atoms with van der Waals surface area (Å²) in [5.74, 6) is 1.02. The molecule has 0 spiro atoms. The van der Waals surface area contributed by atoms with Gasteiger partial charge >= 0.3 is 5.97 Å². The van der Waals surface area contributed by atoms with E-state index in [1.165, 1.54) is 0 Å². The first-order valence-corrected chi connectivity index (χ1v) is 6.08. The van der Waals surface area contributed by atoms with Gasteiger partial charge in [-0.25, -0.2) is 0 Å². The van der Waals surface area contributed by atoms with Crippen LogP contribution in [0.15, 0.2) is 0 Å². The summed E-state index contributed by atoms with van der Waals surface area (Å²) >= 11 is 1.94. The van der Waals surface area contributed by atoms with Gasteiger partial charge in [0.2, 0.25) is 0 Å². The molecule has 2 aliphatic rings. The van der Waals surface area contributed by atoms with Crippen molar-refractivity contribution in [3.8, 4) is 0 Å². The molecule has 0 aromatic rings. The van der Waals surface area contributed by atoms with Gasteiger partial charge in [0.1, 0.15) is 12.1 Å². The highest BCUT2D eigenvalue weighted by atomic mass is 32.2. The summed E-state index contributed by atoms with van der Waals surface area (Å²) in [7, 11) is 0. The Morgan fingerprint density at radius 1 is 1.57 bits per heavy atom. The normalized spacial score (nSPS) is 40.5. The minimum absolute atomic E-state index is 0.0739. The maximum Gasteiger partial charge on any atom is 0.323 e. The van der Waals surface area contributed by atoms with Crippen LogP contribution < -0.4 is 5.32 Å². The third-order valence-corrected chi connectivity index (χ3v) is 4.56. The summed E-state index contributed by atoms with van der Waals surface area (Å²) in [6.45, 7) is 6.37. The minimum atomic E-state index is -0.0785. The van der Waals surface area contributed by atoms with E-state index in [0.717, 1.165) is 12.2 Å². The van der Waals surface area contributed by atoms with Gasteiger partial charge in [-0.05, 0) is 20.8 Å². The zero-order valence-electron chi connectivity index (χ0n) is 8.87. The molecule has 0 amide bonds. The Labute approximate surface area is 89.0 Å². The molecule has 0 saturated carbocycles. The van der Waals surface area contributed by atoms with Gasteiger partial charge in [-0.3, -0.25) is 10.1 Å². The van der Waals surface area contributed by atoms with Crippen molar-refractivity contribution in [3.63, 3.8) is 0 Å². The van der Waals surface area contributed by atoms with Crippen molar-refractivity contribution >= 4 is 17.7 Å². The lowest BCUT2D eigenvalue weighted by Gasteiger charge is -2.45. The predicted octanol–water partition coefficient (Wildman–Crippen LogP) is 1.17. The summed E-state index contributed by atoms with van der Waals surface area (Å²) in [6.07, 6.45) is 0.895. The standard InChI is InChI=1S/C10H17NO2S/c1-6-4-7(9(12)13-6)11-8-5-14-10(8,2)3/h6-8,11H,4-5H2,1-3H3. The molecule has 4 heteroatoms. The average molecular weight is 215 g/mol. The Morgan fingerprint density at radius 2 is 2.29 bits per heavy atom. The smallest absolute Gasteiger partial charge is 0.323 e. The number of hydrogen-bond acceptors (Lipinski definition) is 4. The maximum atomic E-state index is 11.4. The first-order chi connectivity index (χ1) is 6.49. The summed E-state index contributed by atoms with van der Waals surface area (Å²) < 4.78 is 5.37. The molecule has 2 heterocycles. The van der Waals surface area contributed by atoms with Crippen molar-refractivity contribution in [2.75, 3.05) is 5.75 Å². The Balaban J connectivity index is 1.89. The van der Waals surface area contributed by atoms with Crippen molar-refractivity contribution in [3.05, 3.63) is 0 Å². The van der Waals surface area contributed by atoms with E-state index in [1.54, 1.807) is 0 Å². The molecule has 3 atom stereocenters. The molecule has 0 radical (unpaired) electrons. The van der Waals surface area contributed by atoms with Crippen molar-refractivity contribution in [1.82, 2.24) is 5.32 Å². The largest absolute Gasteiger partial charge is 0.461 e. The van der Waals surface area contributed by atoms with Gasteiger partial charge in [-0.2, -0.15) is 11.8 Å². The molecular formula is C10H17NO2S. The molecule has 2 fully saturated rings. The topological polar surface area (TPSA) is 38.3 Å². The Bertz CT molecular complexity index is 255. The zero-order chi connectivity index (χ0) is 10.3. The van der Waals surface area contributed by atoms with Crippen molar-refractivity contribution in [2.24, 2.45) is 0 Å². The third kappa shape index (κ3) is 1.77. The van der Waals surface area contributed by atoms with E-state index in [2.05, 4.69) is 19.2 Å². The lowest BCUT2D eigenvalue weighted by Crippen LogP contribution is -2.58. The molecule has 0 bridgehead atoms. The molecular weight excluding hydrogens is 198 g/mol. The Hall–Kier alpha value is -0.220. The number of nitrogens with one attached hydrogen (secondary N) is 1. The van der Waals surface area contributed by atoms with Crippen molar-refractivity contribution < 1.29 is 9.53 Å². The second-order valence-electron chi connectivity index (χ2n) is 4.67. The van der Waals surface area contributed by atoms with Crippen LogP contribution in [0, 0.1) is 0 Å². The molecule has 14 heavy (non-hydrogen) atoms. The van der Waals surface area contributed by atoms with Crippen molar-refractivity contribution in [2.45, 2.75) is 50.1 Å². The van der Waals surface area contributed by atoms with Crippen LogP contribution in [0.5, 0.6) is 0 Å². The summed E-state index contributed by atoms with van der Waals surface area (Å²) in [5.41, 5.74) is 0. The van der Waals surface area contributed by atoms with E-state index in [4.69, 9.17) is 4.74 Å². The van der Waals surface area contributed by atoms with Crippen LogP contribution in [0.3, 0.4) is 0 Å². The molecule has 0 aromatic heterocycles. The molecule has 2 aliphatic heterocycles. The number of thioether (sulfide) groups is 1. The number of ether oxygens (including phenoxy) is 1. The monoisotopic (exact) mass is 215 g/mol. The number of carbonyl (C=O) groups is 1. The highest BCUT2D eigenvalue weighted by molar-refractivity contribution is 8.02. The SMILES string of the molecule is CC1CC(NC2CSC2(C)C)C(=O)O1. The Morgan fingerprint density at radius 3 is 2.64 bits per heavy atom. The average Bonchev–Trinajstić information content (AvgIpc) is 2.39. The number of carbonyl (C=O) groups excluding carboxylic acids is 1. The first-order valence-electron chi connectivity index (χ1n) is 5.09. The highest BCUT2D eigenvalue weighted by Gasteiger charge is 2.43. The van der Waals surface area contributed by atoms with E-state index >= 15 is 0 Å². The van der Waals surface area contributed by atoms with Gasteiger partial charge < -0.3 is 4.74 Å².